The fourth-order valence-corrected chi connectivity index (χ4v) is 4.78. The Morgan fingerprint density at radius 2 is 1.66 bits per heavy atom. The molecule has 1 amide bonds. The van der Waals surface area contributed by atoms with Crippen molar-refractivity contribution in [3.8, 4) is 34.3 Å². The van der Waals surface area contributed by atoms with E-state index < -0.39 is 28.6 Å². The maximum Gasteiger partial charge on any atom is 0.223 e. The molecule has 9 nitrogen and oxygen atoms in total. The molecule has 1 saturated heterocycles. The Kier molecular flexibility index (Phi) is 6.93. The number of carbonyl (C=O) groups excluding carboxylic acids is 1. The lowest BCUT2D eigenvalue weighted by Gasteiger charge is -2.29. The average molecular weight is 518 g/mol. The second-order valence-corrected chi connectivity index (χ2v) is 9.03. The molecule has 38 heavy (non-hydrogen) atoms. The van der Waals surface area contributed by atoms with Crippen molar-refractivity contribution in [1.29, 1.82) is 0 Å². The van der Waals surface area contributed by atoms with E-state index in [9.17, 15) is 24.9 Å². The zero-order chi connectivity index (χ0) is 26.8. The first-order valence-electron chi connectivity index (χ1n) is 12.2. The molecule has 0 saturated carbocycles. The Morgan fingerprint density at radius 3 is 2.32 bits per heavy atom. The molecule has 0 radical (unpaired) electrons. The minimum Gasteiger partial charge on any atom is -0.504 e. The number of carbonyl (C=O) groups is 1. The van der Waals surface area contributed by atoms with Crippen molar-refractivity contribution in [3.05, 3.63) is 82.0 Å². The number of fused-ring (bicyclic) bond motifs is 1. The first-order valence-corrected chi connectivity index (χ1v) is 12.2. The van der Waals surface area contributed by atoms with Gasteiger partial charge in [0.2, 0.25) is 11.7 Å². The molecule has 9 heteroatoms. The summed E-state index contributed by atoms with van der Waals surface area (Å²) in [7, 11) is 1.53. The predicted molar refractivity (Wildman–Crippen MR) is 140 cm³/mol. The van der Waals surface area contributed by atoms with Crippen LogP contribution >= 0.6 is 0 Å². The van der Waals surface area contributed by atoms with Gasteiger partial charge in [0.15, 0.2) is 16.9 Å². The smallest absolute Gasteiger partial charge is 0.223 e. The molecule has 4 aromatic rings. The molecular weight excluding hydrogens is 490 g/mol. The van der Waals surface area contributed by atoms with E-state index in [1.807, 2.05) is 6.07 Å². The van der Waals surface area contributed by atoms with Crippen molar-refractivity contribution in [2.24, 2.45) is 0 Å². The van der Waals surface area contributed by atoms with Crippen molar-refractivity contribution in [2.75, 3.05) is 33.4 Å². The highest BCUT2D eigenvalue weighted by Gasteiger charge is 2.32. The number of hydrogen-bond acceptors (Lipinski definition) is 8. The van der Waals surface area contributed by atoms with E-state index in [1.165, 1.54) is 13.2 Å². The number of phenols is 3. The second kappa shape index (κ2) is 10.5. The number of methoxy groups -OCH3 is 1. The summed E-state index contributed by atoms with van der Waals surface area (Å²) in [5.41, 5.74) is 0.528. The van der Waals surface area contributed by atoms with Gasteiger partial charge in [-0.1, -0.05) is 42.5 Å². The van der Waals surface area contributed by atoms with Gasteiger partial charge >= 0.3 is 0 Å². The lowest BCUT2D eigenvalue weighted by molar-refractivity contribution is -0.135. The monoisotopic (exact) mass is 517 g/mol. The third-order valence-electron chi connectivity index (χ3n) is 6.80. The Balaban J connectivity index is 1.75. The van der Waals surface area contributed by atoms with Gasteiger partial charge in [-0.25, -0.2) is 0 Å². The quantitative estimate of drug-likeness (QED) is 0.328. The minimum absolute atomic E-state index is 0.0250. The molecule has 0 unspecified atom stereocenters. The first kappa shape index (κ1) is 25.2. The van der Waals surface area contributed by atoms with Crippen LogP contribution in [-0.4, -0.2) is 59.5 Å². The fraction of sp³-hybridized carbons (Fsp3) is 0.241. The number of rotatable bonds is 6. The number of hydrogen-bond donors (Lipinski definition) is 3. The molecule has 0 spiro atoms. The molecule has 1 aromatic heterocycles. The molecule has 5 rings (SSSR count). The first-order chi connectivity index (χ1) is 18.4. The van der Waals surface area contributed by atoms with E-state index in [-0.39, 0.29) is 34.6 Å². The number of morpholine rings is 1. The summed E-state index contributed by atoms with van der Waals surface area (Å²) < 4.78 is 16.8. The molecule has 1 atom stereocenters. The van der Waals surface area contributed by atoms with Gasteiger partial charge in [-0.2, -0.15) is 0 Å². The van der Waals surface area contributed by atoms with Crippen LogP contribution in [0.25, 0.3) is 22.3 Å². The number of ether oxygens (including phenoxy) is 2. The molecule has 3 N–H and O–H groups in total. The van der Waals surface area contributed by atoms with Crippen LogP contribution in [0, 0.1) is 0 Å². The molecular formula is C29H27NO8. The zero-order valence-electron chi connectivity index (χ0n) is 20.7. The van der Waals surface area contributed by atoms with Crippen LogP contribution in [0.3, 0.4) is 0 Å². The minimum atomic E-state index is -0.857. The highest BCUT2D eigenvalue weighted by atomic mass is 16.5. The van der Waals surface area contributed by atoms with E-state index in [0.717, 1.165) is 0 Å². The third-order valence-corrected chi connectivity index (χ3v) is 6.80. The number of benzene rings is 3. The highest BCUT2D eigenvalue weighted by Crippen LogP contribution is 2.49. The summed E-state index contributed by atoms with van der Waals surface area (Å²) in [5, 5.41) is 32.1. The second-order valence-electron chi connectivity index (χ2n) is 9.03. The molecule has 1 fully saturated rings. The largest absolute Gasteiger partial charge is 0.504 e. The van der Waals surface area contributed by atoms with Crippen LogP contribution < -0.4 is 10.2 Å². The maximum atomic E-state index is 13.4. The van der Waals surface area contributed by atoms with Gasteiger partial charge in [0, 0.05) is 42.6 Å². The molecule has 3 aromatic carbocycles. The molecule has 0 bridgehead atoms. The van der Waals surface area contributed by atoms with Crippen LogP contribution in [0.2, 0.25) is 0 Å². The standard InChI is InChI=1S/C29H27NO8/c1-36-19-9-7-17(8-10-19)20(15-23(32)30-11-13-37-14-12-30)24-26(33)28(35)27(34)25-21(31)16-22(38-29(24)25)18-5-3-2-4-6-18/h2-10,16,20,33-35H,11-15H2,1H3/t20-/m0/s1. The number of amides is 1. The topological polar surface area (TPSA) is 130 Å². The van der Waals surface area contributed by atoms with Crippen molar-refractivity contribution in [2.45, 2.75) is 12.3 Å². The van der Waals surface area contributed by atoms with Crippen LogP contribution in [0.4, 0.5) is 0 Å². The Labute approximate surface area is 218 Å². The Bertz CT molecular complexity index is 1520. The lowest BCUT2D eigenvalue weighted by Crippen LogP contribution is -2.41. The van der Waals surface area contributed by atoms with Crippen molar-refractivity contribution in [1.82, 2.24) is 4.90 Å². The van der Waals surface area contributed by atoms with Gasteiger partial charge in [-0.15, -0.1) is 0 Å². The zero-order valence-corrected chi connectivity index (χ0v) is 20.7. The van der Waals surface area contributed by atoms with E-state index in [0.29, 0.717) is 43.2 Å². The van der Waals surface area contributed by atoms with Gasteiger partial charge < -0.3 is 34.1 Å². The highest BCUT2D eigenvalue weighted by molar-refractivity contribution is 5.94. The van der Waals surface area contributed by atoms with E-state index in [4.69, 9.17) is 13.9 Å². The van der Waals surface area contributed by atoms with Crippen molar-refractivity contribution in [3.63, 3.8) is 0 Å². The summed E-state index contributed by atoms with van der Waals surface area (Å²) in [6.45, 7) is 1.69. The van der Waals surface area contributed by atoms with Gasteiger partial charge in [-0.05, 0) is 17.7 Å². The predicted octanol–water partition coefficient (Wildman–Crippen LogP) is 3.97. The van der Waals surface area contributed by atoms with Gasteiger partial charge in [0.05, 0.1) is 20.3 Å². The molecule has 1 aliphatic heterocycles. The van der Waals surface area contributed by atoms with E-state index in [2.05, 4.69) is 0 Å². The number of phenolic OH excluding ortho intramolecular Hbond substituents is 3. The molecule has 1 aliphatic rings. The Morgan fingerprint density at radius 1 is 0.974 bits per heavy atom. The lowest BCUT2D eigenvalue weighted by atomic mass is 9.85. The van der Waals surface area contributed by atoms with Crippen LogP contribution in [0.5, 0.6) is 23.0 Å². The van der Waals surface area contributed by atoms with Crippen LogP contribution in [-0.2, 0) is 9.53 Å². The average Bonchev–Trinajstić information content (AvgIpc) is 2.96. The Hall–Kier alpha value is -4.50. The van der Waals surface area contributed by atoms with Gasteiger partial charge in [0.1, 0.15) is 22.5 Å². The third kappa shape index (κ3) is 4.64. The van der Waals surface area contributed by atoms with E-state index >= 15 is 0 Å². The van der Waals surface area contributed by atoms with Gasteiger partial charge in [-0.3, -0.25) is 9.59 Å². The van der Waals surface area contributed by atoms with E-state index in [1.54, 1.807) is 53.4 Å². The number of nitrogens with zero attached hydrogens (tertiary/aromatic N) is 1. The molecule has 0 aliphatic carbocycles. The van der Waals surface area contributed by atoms with Crippen molar-refractivity contribution >= 4 is 16.9 Å². The fourth-order valence-electron chi connectivity index (χ4n) is 4.78. The summed E-state index contributed by atoms with van der Waals surface area (Å²) in [5.74, 6) is -2.55. The summed E-state index contributed by atoms with van der Waals surface area (Å²) in [6, 6.07) is 17.0. The van der Waals surface area contributed by atoms with Crippen LogP contribution in [0.15, 0.2) is 69.9 Å². The molecule has 2 heterocycles. The maximum absolute atomic E-state index is 13.4. The number of aromatic hydroxyl groups is 3. The SMILES string of the molecule is COc1ccc([C@H](CC(=O)N2CCOCC2)c2c(O)c(O)c(O)c3c(=O)cc(-c4ccccc4)oc23)cc1. The van der Waals surface area contributed by atoms with Gasteiger partial charge in [0.25, 0.3) is 0 Å². The summed E-state index contributed by atoms with van der Waals surface area (Å²) in [4.78, 5) is 28.3. The van der Waals surface area contributed by atoms with Crippen LogP contribution in [0.1, 0.15) is 23.5 Å². The van der Waals surface area contributed by atoms with Crippen molar-refractivity contribution < 1.29 is 34.0 Å². The normalized spacial score (nSPS) is 14.4. The molecule has 196 valence electrons. The summed E-state index contributed by atoms with van der Waals surface area (Å²) >= 11 is 0. The summed E-state index contributed by atoms with van der Waals surface area (Å²) in [6.07, 6.45) is -0.0987.